The minimum absolute atomic E-state index is 0.0122. The Kier molecular flexibility index (Phi) is 16.4. The summed E-state index contributed by atoms with van der Waals surface area (Å²) in [7, 11) is -3.15. The molecule has 1 amide bonds. The molecule has 2 aromatic carbocycles. The van der Waals surface area contributed by atoms with Crippen LogP contribution < -0.4 is 43.7 Å². The zero-order chi connectivity index (χ0) is 62.9. The van der Waals surface area contributed by atoms with Crippen LogP contribution in [0.4, 0.5) is 34.3 Å². The summed E-state index contributed by atoms with van der Waals surface area (Å²) in [5.41, 5.74) is 3.63. The number of para-hydroxylation sites is 1. The topological polar surface area (TPSA) is 265 Å². The number of hydrogen-bond donors (Lipinski definition) is 4. The first kappa shape index (κ1) is 61.0. The number of H-pyrrole nitrogens is 1. The number of aliphatic hydroxyl groups is 1. The average Bonchev–Trinajstić information content (AvgIpc) is 1.03. The minimum Gasteiger partial charge on any atom is -0.493 e. The highest BCUT2D eigenvalue weighted by molar-refractivity contribution is 7.90. The number of nitro groups is 1. The molecule has 25 heteroatoms. The number of benzene rings is 2. The van der Waals surface area contributed by atoms with E-state index >= 15 is 4.79 Å². The van der Waals surface area contributed by atoms with Gasteiger partial charge < -0.3 is 58.5 Å². The number of carbonyl (C=O) groups is 1. The van der Waals surface area contributed by atoms with E-state index in [1.165, 1.54) is 5.56 Å². The fraction of sp³-hybridized carbons (Fsp3) is 0.545. The van der Waals surface area contributed by atoms with Gasteiger partial charge in [0.25, 0.3) is 15.9 Å². The molecule has 1 spiro atoms. The predicted molar refractivity (Wildman–Crippen MR) is 342 cm³/mol. The van der Waals surface area contributed by atoms with Gasteiger partial charge in [-0.1, -0.05) is 25.1 Å². The van der Waals surface area contributed by atoms with Gasteiger partial charge in [0.2, 0.25) is 11.8 Å². The van der Waals surface area contributed by atoms with E-state index < -0.39 is 43.3 Å². The number of rotatable bonds is 15. The van der Waals surface area contributed by atoms with Crippen LogP contribution in [-0.2, 0) is 26.0 Å². The van der Waals surface area contributed by atoms with Crippen molar-refractivity contribution in [2.75, 3.05) is 106 Å². The summed E-state index contributed by atoms with van der Waals surface area (Å²) in [6.07, 6.45) is 9.33. The molecule has 6 aromatic rings. The molecule has 4 saturated heterocycles. The van der Waals surface area contributed by atoms with Gasteiger partial charge in [-0.3, -0.25) is 24.7 Å². The Morgan fingerprint density at radius 3 is 2.46 bits per heavy atom. The fourth-order valence-corrected chi connectivity index (χ4v) is 16.6. The third kappa shape index (κ3) is 11.8. The van der Waals surface area contributed by atoms with E-state index in [1.54, 1.807) is 26.3 Å². The monoisotopic (exact) mass is 1270 g/mol. The lowest BCUT2D eigenvalue weighted by Gasteiger charge is -2.62. The van der Waals surface area contributed by atoms with Crippen molar-refractivity contribution in [1.29, 1.82) is 0 Å². The van der Waals surface area contributed by atoms with Crippen LogP contribution in [0.2, 0.25) is 0 Å². The number of anilines is 5. The first-order valence-corrected chi connectivity index (χ1v) is 33.8. The molecule has 10 heterocycles. The first-order chi connectivity index (χ1) is 43.9. The maximum Gasteiger partial charge on any atom is 0.300 e. The lowest BCUT2D eigenvalue weighted by molar-refractivity contribution is -0.384. The van der Waals surface area contributed by atoms with Crippen molar-refractivity contribution in [3.63, 3.8) is 0 Å². The molecule has 6 aliphatic heterocycles. The number of carbonyl (C=O) groups excluding carboxylic acids is 1. The van der Waals surface area contributed by atoms with E-state index in [0.717, 1.165) is 112 Å². The molecule has 6 fully saturated rings. The third-order valence-electron chi connectivity index (χ3n) is 20.8. The van der Waals surface area contributed by atoms with Crippen molar-refractivity contribution < 1.29 is 51.7 Å². The summed E-state index contributed by atoms with van der Waals surface area (Å²) in [4.78, 5) is 56.3. The van der Waals surface area contributed by atoms with Crippen LogP contribution in [0.1, 0.15) is 107 Å². The smallest absolute Gasteiger partial charge is 0.300 e. The van der Waals surface area contributed by atoms with Crippen molar-refractivity contribution in [3.05, 3.63) is 106 Å². The molecule has 24 nitrogen and oxygen atoms in total. The summed E-state index contributed by atoms with van der Waals surface area (Å²) < 4.78 is 67.9. The summed E-state index contributed by atoms with van der Waals surface area (Å²) in [5, 5.41) is 26.6. The SMILES string of the molecule is COc1cc(CN2CCN(C3CC4(CCN(c5ccc(C(=O)NS(=O)(=O)c6cc([N+](=O)[O-])c7c(n6)OC[C@H](C6CCC(C)(O)CC6)N7)c(N6c7cc8cc[nH]c8nc7O[C@H]7COCC[C@@H]76)c5)CC4)C3C)[C@@H](c3ccccc3OC(C)C)C2)cnc1N1CCOCC1. The molecule has 2 aliphatic carbocycles. The molecular formula is C66H82N12O12S. The number of nitrogens with one attached hydrogen (secondary N) is 3. The summed E-state index contributed by atoms with van der Waals surface area (Å²) in [5.74, 6) is 2.13. The van der Waals surface area contributed by atoms with E-state index in [9.17, 15) is 23.6 Å². The number of sulfonamides is 1. The van der Waals surface area contributed by atoms with Crippen molar-refractivity contribution in [3.8, 4) is 23.3 Å². The molecular weight excluding hydrogens is 1180 g/mol. The number of aromatic nitrogens is 4. The van der Waals surface area contributed by atoms with E-state index in [4.69, 9.17) is 38.4 Å². The second kappa shape index (κ2) is 24.5. The number of methoxy groups -OCH3 is 1. The van der Waals surface area contributed by atoms with Crippen LogP contribution >= 0.6 is 0 Å². The van der Waals surface area contributed by atoms with Gasteiger partial charge in [-0.2, -0.15) is 18.4 Å². The van der Waals surface area contributed by atoms with Crippen LogP contribution in [-0.4, -0.2) is 176 Å². The number of hydrogen-bond acceptors (Lipinski definition) is 21. The van der Waals surface area contributed by atoms with Gasteiger partial charge in [0.05, 0.1) is 79.0 Å². The molecule has 0 radical (unpaired) electrons. The quantitative estimate of drug-likeness (QED) is 0.0555. The lowest BCUT2D eigenvalue weighted by Crippen LogP contribution is -2.64. The molecule has 4 N–H and O–H groups in total. The number of amides is 1. The summed E-state index contributed by atoms with van der Waals surface area (Å²) in [6.45, 7) is 16.9. The molecule has 2 unspecified atom stereocenters. The second-order valence-electron chi connectivity index (χ2n) is 26.7. The van der Waals surface area contributed by atoms with Crippen molar-refractivity contribution in [2.45, 2.75) is 133 Å². The normalized spacial score (nSPS) is 26.8. The number of piperidine rings is 1. The zero-order valence-corrected chi connectivity index (χ0v) is 53.2. The number of piperazine rings is 1. The molecule has 484 valence electrons. The minimum atomic E-state index is -4.87. The third-order valence-corrected chi connectivity index (χ3v) is 22.0. The largest absolute Gasteiger partial charge is 0.493 e. The van der Waals surface area contributed by atoms with Crippen molar-refractivity contribution >= 4 is 61.2 Å². The Bertz CT molecular complexity index is 3830. The zero-order valence-electron chi connectivity index (χ0n) is 52.3. The molecule has 8 aliphatic rings. The van der Waals surface area contributed by atoms with Crippen LogP contribution in [0, 0.1) is 27.4 Å². The predicted octanol–water partition coefficient (Wildman–Crippen LogP) is 8.37. The number of aromatic amines is 1. The Hall–Kier alpha value is -7.55. The van der Waals surface area contributed by atoms with Gasteiger partial charge in [-0.15, -0.1) is 0 Å². The number of ether oxygens (including phenoxy) is 6. The second-order valence-corrected chi connectivity index (χ2v) is 28.3. The highest BCUT2D eigenvalue weighted by atomic mass is 32.2. The van der Waals surface area contributed by atoms with Crippen LogP contribution in [0.25, 0.3) is 11.0 Å². The average molecular weight is 1270 g/mol. The standard InChI is InChI=1S/C66H82N12O12S/c1-40(2)89-55-9-7-6-8-46(55)54-37-73(36-42-30-56(85-5)61(68-35-42)75-25-28-86-29-26-75)23-24-76(54)53-34-66(41(53)3)18-21-74(22-19-66)45-10-11-47(50(32-45)77-49-15-27-87-39-57(49)90-63-52(77)31-44-14-20-67-60(44)71-63)62(79)72-91(83,84)58-33-51(78(81)82)59-64(70-58)88-38-48(69-59)43-12-16-65(4,80)17-13-43/h6-11,14,20,30-33,35,40-41,43,48-49,53-54,57,69,80H,12-13,15-19,21-29,34,36-39H2,1-5H3,(H,67,71)(H,72,79)/t41?,43?,48-,49+,53?,54-,57+,65?/m1/s1. The molecule has 4 aromatic heterocycles. The number of pyridine rings is 3. The van der Waals surface area contributed by atoms with E-state index in [2.05, 4.69) is 95.6 Å². The van der Waals surface area contributed by atoms with Gasteiger partial charge in [0.1, 0.15) is 29.8 Å². The molecule has 14 rings (SSSR count). The van der Waals surface area contributed by atoms with E-state index in [1.807, 2.05) is 30.5 Å². The highest BCUT2D eigenvalue weighted by Gasteiger charge is 2.56. The van der Waals surface area contributed by atoms with Crippen molar-refractivity contribution in [2.24, 2.45) is 17.3 Å². The highest BCUT2D eigenvalue weighted by Crippen LogP contribution is 2.58. The number of morpholine rings is 1. The molecule has 0 bridgehead atoms. The Morgan fingerprint density at radius 1 is 0.890 bits per heavy atom. The van der Waals surface area contributed by atoms with Gasteiger partial charge in [0.15, 0.2) is 22.3 Å². The maximum absolute atomic E-state index is 15.0. The summed E-state index contributed by atoms with van der Waals surface area (Å²) in [6, 6.07) is 20.7. The Balaban J connectivity index is 0.726. The van der Waals surface area contributed by atoms with E-state index in [-0.39, 0.29) is 65.9 Å². The molecule has 91 heavy (non-hydrogen) atoms. The maximum atomic E-state index is 15.0. The van der Waals surface area contributed by atoms with Gasteiger partial charge in [0, 0.05) is 94.0 Å². The van der Waals surface area contributed by atoms with Gasteiger partial charge >= 0.3 is 5.69 Å². The number of fused-ring (bicyclic) bond motifs is 4. The lowest BCUT2D eigenvalue weighted by atomic mass is 9.53. The first-order valence-electron chi connectivity index (χ1n) is 32.3. The van der Waals surface area contributed by atoms with Gasteiger partial charge in [-0.25, -0.2) is 9.71 Å². The molecule has 6 atom stereocenters. The van der Waals surface area contributed by atoms with Crippen LogP contribution in [0.3, 0.4) is 0 Å². The summed E-state index contributed by atoms with van der Waals surface area (Å²) >= 11 is 0. The van der Waals surface area contributed by atoms with E-state index in [0.29, 0.717) is 86.8 Å². The van der Waals surface area contributed by atoms with Crippen LogP contribution in [0.15, 0.2) is 84.1 Å². The fourth-order valence-electron chi connectivity index (χ4n) is 15.7. The van der Waals surface area contributed by atoms with Crippen LogP contribution in [0.5, 0.6) is 23.3 Å². The number of nitrogens with zero attached hydrogens (tertiary/aromatic N) is 9. The Labute approximate surface area is 530 Å². The molecule has 2 saturated carbocycles. The Morgan fingerprint density at radius 2 is 1.69 bits per heavy atom. The van der Waals surface area contributed by atoms with Crippen molar-refractivity contribution in [1.82, 2.24) is 34.5 Å². The van der Waals surface area contributed by atoms with Gasteiger partial charge in [-0.05, 0) is 137 Å².